The monoisotopic (exact) mass is 431 g/mol. The van der Waals surface area contributed by atoms with Gasteiger partial charge in [-0.3, -0.25) is 9.69 Å². The van der Waals surface area contributed by atoms with Crippen LogP contribution in [0.5, 0.6) is 5.75 Å². The second kappa shape index (κ2) is 9.29. The molecule has 0 fully saturated rings. The third-order valence-corrected chi connectivity index (χ3v) is 6.59. The van der Waals surface area contributed by atoms with Gasteiger partial charge in [-0.15, -0.1) is 11.3 Å². The molecule has 4 rings (SSSR count). The lowest BCUT2D eigenvalue weighted by molar-refractivity contribution is -0.121. The molecule has 0 aliphatic heterocycles. The molecular formula is C25H25N3O2S. The highest BCUT2D eigenvalue weighted by Crippen LogP contribution is 2.34. The van der Waals surface area contributed by atoms with Crippen molar-refractivity contribution in [2.75, 3.05) is 19.5 Å². The van der Waals surface area contributed by atoms with E-state index >= 15 is 0 Å². The van der Waals surface area contributed by atoms with Gasteiger partial charge in [-0.2, -0.15) is 0 Å². The number of rotatable bonds is 7. The summed E-state index contributed by atoms with van der Waals surface area (Å²) in [5.74, 6) is 0.597. The van der Waals surface area contributed by atoms with E-state index in [0.717, 1.165) is 20.8 Å². The van der Waals surface area contributed by atoms with Crippen molar-refractivity contribution < 1.29 is 9.53 Å². The number of anilines is 1. The summed E-state index contributed by atoms with van der Waals surface area (Å²) in [6.45, 7) is 2.09. The van der Waals surface area contributed by atoms with Crippen LogP contribution in [-0.4, -0.2) is 29.9 Å². The largest absolute Gasteiger partial charge is 0.497 e. The number of benzene rings is 3. The molecule has 0 aliphatic rings. The van der Waals surface area contributed by atoms with E-state index < -0.39 is 6.04 Å². The molecule has 1 heterocycles. The molecule has 31 heavy (non-hydrogen) atoms. The Morgan fingerprint density at radius 3 is 2.52 bits per heavy atom. The van der Waals surface area contributed by atoms with Crippen LogP contribution in [0.3, 0.4) is 0 Å². The molecule has 0 saturated heterocycles. The third-order valence-electron chi connectivity index (χ3n) is 5.39. The number of nitrogens with one attached hydrogen (secondary N) is 1. The molecule has 4 aromatic rings. The highest BCUT2D eigenvalue weighted by molar-refractivity contribution is 7.18. The second-order valence-electron chi connectivity index (χ2n) is 7.40. The fourth-order valence-corrected chi connectivity index (χ4v) is 4.66. The molecule has 0 aliphatic carbocycles. The lowest BCUT2D eigenvalue weighted by Crippen LogP contribution is -2.36. The van der Waals surface area contributed by atoms with Crippen molar-refractivity contribution in [2.45, 2.75) is 19.0 Å². The van der Waals surface area contributed by atoms with E-state index in [1.807, 2.05) is 79.8 Å². The number of fused-ring (bicyclic) bond motifs is 1. The normalized spacial score (nSPS) is 13.2. The van der Waals surface area contributed by atoms with Crippen molar-refractivity contribution in [1.82, 2.24) is 9.88 Å². The predicted molar refractivity (Wildman–Crippen MR) is 127 cm³/mol. The Labute approximate surface area is 186 Å². The Morgan fingerprint density at radius 2 is 1.77 bits per heavy atom. The van der Waals surface area contributed by atoms with Gasteiger partial charge in [0, 0.05) is 11.8 Å². The number of amides is 1. The first-order valence-electron chi connectivity index (χ1n) is 10.1. The van der Waals surface area contributed by atoms with Crippen LogP contribution in [-0.2, 0) is 4.79 Å². The lowest BCUT2D eigenvalue weighted by atomic mass is 10.0. The standard InChI is InChI=1S/C25H25N3O2S/c1-17(25-27-21-14-7-8-15-22(21)31-25)28(2)23(18-10-5-4-6-11-18)24(29)26-19-12-9-13-20(16-19)30-3/h4-17,23H,1-3H3,(H,26,29)/t17-,23-/m1/s1. The minimum atomic E-state index is -0.477. The first-order valence-corrected chi connectivity index (χ1v) is 11.0. The summed E-state index contributed by atoms with van der Waals surface area (Å²) >= 11 is 1.67. The number of thiazole rings is 1. The van der Waals surface area contributed by atoms with Gasteiger partial charge in [-0.1, -0.05) is 48.5 Å². The van der Waals surface area contributed by atoms with Gasteiger partial charge in [0.2, 0.25) is 5.91 Å². The molecule has 0 radical (unpaired) electrons. The van der Waals surface area contributed by atoms with Crippen LogP contribution < -0.4 is 10.1 Å². The number of hydrogen-bond donors (Lipinski definition) is 1. The van der Waals surface area contributed by atoms with E-state index in [2.05, 4.69) is 23.2 Å². The number of carbonyl (C=O) groups is 1. The highest BCUT2D eigenvalue weighted by atomic mass is 32.1. The number of para-hydroxylation sites is 1. The molecule has 1 amide bonds. The van der Waals surface area contributed by atoms with Crippen LogP contribution in [0, 0.1) is 0 Å². The Bertz CT molecular complexity index is 1140. The second-order valence-corrected chi connectivity index (χ2v) is 8.46. The predicted octanol–water partition coefficient (Wildman–Crippen LogP) is 5.68. The number of nitrogens with zero attached hydrogens (tertiary/aromatic N) is 2. The smallest absolute Gasteiger partial charge is 0.246 e. The van der Waals surface area contributed by atoms with E-state index in [1.165, 1.54) is 0 Å². The zero-order valence-electron chi connectivity index (χ0n) is 17.8. The molecule has 6 heteroatoms. The van der Waals surface area contributed by atoms with Gasteiger partial charge in [0.15, 0.2) is 0 Å². The van der Waals surface area contributed by atoms with Crippen molar-refractivity contribution in [3.8, 4) is 5.75 Å². The van der Waals surface area contributed by atoms with Crippen LogP contribution in [0.25, 0.3) is 10.2 Å². The van der Waals surface area contributed by atoms with Gasteiger partial charge >= 0.3 is 0 Å². The Balaban J connectivity index is 1.64. The number of hydrogen-bond acceptors (Lipinski definition) is 5. The average molecular weight is 432 g/mol. The van der Waals surface area contributed by atoms with E-state index in [9.17, 15) is 4.79 Å². The lowest BCUT2D eigenvalue weighted by Gasteiger charge is -2.31. The Morgan fingerprint density at radius 1 is 1.03 bits per heavy atom. The number of carbonyl (C=O) groups excluding carboxylic acids is 1. The summed E-state index contributed by atoms with van der Waals surface area (Å²) < 4.78 is 6.43. The maximum atomic E-state index is 13.5. The molecule has 0 unspecified atom stereocenters. The summed E-state index contributed by atoms with van der Waals surface area (Å²) in [4.78, 5) is 20.3. The summed E-state index contributed by atoms with van der Waals surface area (Å²) in [6.07, 6.45) is 0. The molecule has 3 aromatic carbocycles. The van der Waals surface area contributed by atoms with Crippen molar-refractivity contribution in [1.29, 1.82) is 0 Å². The van der Waals surface area contributed by atoms with Crippen LogP contribution in [0.15, 0.2) is 78.9 Å². The topological polar surface area (TPSA) is 54.5 Å². The van der Waals surface area contributed by atoms with Crippen molar-refractivity contribution in [3.63, 3.8) is 0 Å². The first kappa shape index (κ1) is 21.0. The Kier molecular flexibility index (Phi) is 6.30. The van der Waals surface area contributed by atoms with Crippen molar-refractivity contribution in [3.05, 3.63) is 89.4 Å². The third kappa shape index (κ3) is 4.60. The van der Waals surface area contributed by atoms with Crippen molar-refractivity contribution in [2.24, 2.45) is 0 Å². The zero-order chi connectivity index (χ0) is 21.8. The fourth-order valence-electron chi connectivity index (χ4n) is 3.58. The molecular weight excluding hydrogens is 406 g/mol. The Hall–Kier alpha value is -3.22. The molecule has 1 aromatic heterocycles. The molecule has 0 spiro atoms. The molecule has 2 atom stereocenters. The summed E-state index contributed by atoms with van der Waals surface area (Å²) in [7, 11) is 3.58. The van der Waals surface area contributed by atoms with Gasteiger partial charge in [-0.05, 0) is 43.8 Å². The molecule has 0 saturated carbocycles. The molecule has 5 nitrogen and oxygen atoms in total. The molecule has 158 valence electrons. The van der Waals surface area contributed by atoms with E-state index in [1.54, 1.807) is 18.4 Å². The van der Waals surface area contributed by atoms with Crippen LogP contribution in [0.2, 0.25) is 0 Å². The van der Waals surface area contributed by atoms with Crippen LogP contribution in [0.1, 0.15) is 29.6 Å². The van der Waals surface area contributed by atoms with Crippen molar-refractivity contribution >= 4 is 33.1 Å². The van der Waals surface area contributed by atoms with Gasteiger partial charge in [0.1, 0.15) is 16.8 Å². The maximum Gasteiger partial charge on any atom is 0.246 e. The quantitative estimate of drug-likeness (QED) is 0.409. The first-order chi connectivity index (χ1) is 15.1. The van der Waals surface area contributed by atoms with Crippen LogP contribution in [0.4, 0.5) is 5.69 Å². The average Bonchev–Trinajstić information content (AvgIpc) is 3.24. The fraction of sp³-hybridized carbons (Fsp3) is 0.200. The summed E-state index contributed by atoms with van der Waals surface area (Å²) in [6, 6.07) is 24.8. The maximum absolute atomic E-state index is 13.5. The SMILES string of the molecule is COc1cccc(NC(=O)[C@@H](c2ccccc2)N(C)[C@H](C)c2nc3ccccc3s2)c1. The number of likely N-dealkylation sites (N-methyl/N-ethyl adjacent to an activating group) is 1. The number of methoxy groups -OCH3 is 1. The number of ether oxygens (including phenoxy) is 1. The van der Waals surface area contributed by atoms with E-state index in [0.29, 0.717) is 11.4 Å². The van der Waals surface area contributed by atoms with Crippen LogP contribution >= 0.6 is 11.3 Å². The van der Waals surface area contributed by atoms with Gasteiger partial charge in [0.25, 0.3) is 0 Å². The van der Waals surface area contributed by atoms with Gasteiger partial charge in [0.05, 0.1) is 23.4 Å². The minimum Gasteiger partial charge on any atom is -0.497 e. The van der Waals surface area contributed by atoms with E-state index in [4.69, 9.17) is 9.72 Å². The summed E-state index contributed by atoms with van der Waals surface area (Å²) in [5.41, 5.74) is 2.62. The molecule has 0 bridgehead atoms. The van der Waals surface area contributed by atoms with Gasteiger partial charge in [-0.25, -0.2) is 4.98 Å². The molecule has 1 N–H and O–H groups in total. The zero-order valence-corrected chi connectivity index (χ0v) is 18.6. The summed E-state index contributed by atoms with van der Waals surface area (Å²) in [5, 5.41) is 4.04. The van der Waals surface area contributed by atoms with Gasteiger partial charge < -0.3 is 10.1 Å². The van der Waals surface area contributed by atoms with E-state index in [-0.39, 0.29) is 11.9 Å². The minimum absolute atomic E-state index is 0.0429. The highest BCUT2D eigenvalue weighted by Gasteiger charge is 2.30. The number of aromatic nitrogens is 1.